The molecule has 1 aromatic rings. The molecule has 0 aliphatic heterocycles. The minimum atomic E-state index is -0.752. The Kier molecular flexibility index (Phi) is 7.23. The number of carbonyl (C=O) groups excluding carboxylic acids is 1. The molecule has 0 saturated heterocycles. The van der Waals surface area contributed by atoms with Crippen LogP contribution in [0.15, 0.2) is 24.3 Å². The number of benzene rings is 1. The van der Waals surface area contributed by atoms with E-state index in [1.165, 1.54) is 0 Å². The van der Waals surface area contributed by atoms with Gasteiger partial charge in [0.05, 0.1) is 18.2 Å². The van der Waals surface area contributed by atoms with Crippen LogP contribution < -0.4 is 10.1 Å². The van der Waals surface area contributed by atoms with Crippen molar-refractivity contribution in [3.63, 3.8) is 0 Å². The largest absolute Gasteiger partial charge is 0.491 e. The van der Waals surface area contributed by atoms with Crippen LogP contribution in [0.25, 0.3) is 0 Å². The van der Waals surface area contributed by atoms with Crippen molar-refractivity contribution in [2.24, 2.45) is 0 Å². The number of nitrogens with zero attached hydrogens (tertiary/aromatic N) is 1. The van der Waals surface area contributed by atoms with Crippen LogP contribution in [-0.4, -0.2) is 43.0 Å². The van der Waals surface area contributed by atoms with Crippen molar-refractivity contribution < 1.29 is 19.4 Å². The highest BCUT2D eigenvalue weighted by Crippen LogP contribution is 2.11. The van der Waals surface area contributed by atoms with E-state index in [0.717, 1.165) is 0 Å². The topological polar surface area (TPSA) is 91.6 Å². The molecule has 0 bridgehead atoms. The monoisotopic (exact) mass is 292 g/mol. The number of aliphatic hydroxyl groups is 1. The van der Waals surface area contributed by atoms with E-state index in [2.05, 4.69) is 5.32 Å². The summed E-state index contributed by atoms with van der Waals surface area (Å²) in [5.41, 5.74) is 0.549. The Balaban J connectivity index is 2.28. The van der Waals surface area contributed by atoms with Crippen molar-refractivity contribution in [1.29, 1.82) is 5.26 Å². The van der Waals surface area contributed by atoms with Crippen LogP contribution in [0.4, 0.5) is 0 Å². The number of ether oxygens (including phenoxy) is 2. The van der Waals surface area contributed by atoms with Gasteiger partial charge < -0.3 is 19.9 Å². The van der Waals surface area contributed by atoms with E-state index < -0.39 is 12.1 Å². The molecule has 1 rings (SSSR count). The average molecular weight is 292 g/mol. The molecule has 1 aromatic carbocycles. The van der Waals surface area contributed by atoms with Crippen molar-refractivity contribution in [1.82, 2.24) is 5.32 Å². The lowest BCUT2D eigenvalue weighted by atomic mass is 10.2. The minimum Gasteiger partial charge on any atom is -0.491 e. The summed E-state index contributed by atoms with van der Waals surface area (Å²) in [5.74, 6) is 0.226. The molecule has 2 N–H and O–H groups in total. The fraction of sp³-hybridized carbons (Fsp3) is 0.467. The maximum Gasteiger partial charge on any atom is 0.322 e. The highest BCUT2D eigenvalue weighted by molar-refractivity contribution is 5.75. The van der Waals surface area contributed by atoms with Crippen molar-refractivity contribution in [3.05, 3.63) is 29.8 Å². The summed E-state index contributed by atoms with van der Waals surface area (Å²) in [5, 5.41) is 21.3. The van der Waals surface area contributed by atoms with Gasteiger partial charge in [0.1, 0.15) is 24.5 Å². The first kappa shape index (κ1) is 17.0. The Labute approximate surface area is 124 Å². The quantitative estimate of drug-likeness (QED) is 0.690. The molecule has 6 nitrogen and oxygen atoms in total. The second kappa shape index (κ2) is 8.95. The summed E-state index contributed by atoms with van der Waals surface area (Å²) in [4.78, 5) is 11.4. The van der Waals surface area contributed by atoms with Crippen LogP contribution in [0.3, 0.4) is 0 Å². The van der Waals surface area contributed by atoms with E-state index in [-0.39, 0.29) is 19.1 Å². The van der Waals surface area contributed by atoms with Gasteiger partial charge >= 0.3 is 5.97 Å². The van der Waals surface area contributed by atoms with Gasteiger partial charge in [-0.1, -0.05) is 0 Å². The lowest BCUT2D eigenvalue weighted by Crippen LogP contribution is -2.41. The van der Waals surface area contributed by atoms with E-state index in [1.54, 1.807) is 38.1 Å². The normalized spacial score (nSPS) is 13.0. The molecule has 21 heavy (non-hydrogen) atoms. The van der Waals surface area contributed by atoms with Gasteiger partial charge in [-0.15, -0.1) is 0 Å². The Bertz CT molecular complexity index is 481. The number of esters is 1. The van der Waals surface area contributed by atoms with E-state index in [1.807, 2.05) is 6.07 Å². The predicted octanol–water partition coefficient (Wildman–Crippen LogP) is 0.839. The zero-order valence-corrected chi connectivity index (χ0v) is 12.2. The average Bonchev–Trinajstić information content (AvgIpc) is 2.51. The van der Waals surface area contributed by atoms with Crippen LogP contribution in [0, 0.1) is 11.3 Å². The minimum absolute atomic E-state index is 0.0917. The molecule has 0 heterocycles. The smallest absolute Gasteiger partial charge is 0.322 e. The van der Waals surface area contributed by atoms with E-state index in [0.29, 0.717) is 17.9 Å². The Morgan fingerprint density at radius 1 is 1.43 bits per heavy atom. The second-order valence-electron chi connectivity index (χ2n) is 4.48. The molecular weight excluding hydrogens is 272 g/mol. The number of hydrogen-bond acceptors (Lipinski definition) is 6. The third-order valence-corrected chi connectivity index (χ3v) is 2.73. The summed E-state index contributed by atoms with van der Waals surface area (Å²) in [6, 6.07) is 8.15. The maximum atomic E-state index is 11.4. The van der Waals surface area contributed by atoms with Crippen molar-refractivity contribution in [3.8, 4) is 11.8 Å². The Hall–Kier alpha value is -2.10. The first-order valence-corrected chi connectivity index (χ1v) is 6.77. The van der Waals surface area contributed by atoms with Gasteiger partial charge in [0.2, 0.25) is 0 Å². The summed E-state index contributed by atoms with van der Waals surface area (Å²) < 4.78 is 10.2. The van der Waals surface area contributed by atoms with Crippen LogP contribution in [0.2, 0.25) is 0 Å². The number of carbonyl (C=O) groups is 1. The lowest BCUT2D eigenvalue weighted by molar-refractivity contribution is -0.145. The summed E-state index contributed by atoms with van der Waals surface area (Å²) in [6.07, 6.45) is -0.752. The number of aliphatic hydroxyl groups excluding tert-OH is 1. The molecule has 6 heteroatoms. The lowest BCUT2D eigenvalue weighted by Gasteiger charge is -2.16. The van der Waals surface area contributed by atoms with Gasteiger partial charge in [0.25, 0.3) is 0 Å². The molecule has 0 fully saturated rings. The molecule has 114 valence electrons. The summed E-state index contributed by atoms with van der Waals surface area (Å²) >= 11 is 0. The highest BCUT2D eigenvalue weighted by Gasteiger charge is 2.15. The number of rotatable bonds is 8. The number of hydrogen-bond donors (Lipinski definition) is 2. The van der Waals surface area contributed by atoms with Crippen LogP contribution in [-0.2, 0) is 9.53 Å². The number of nitrogens with one attached hydrogen (secondary N) is 1. The van der Waals surface area contributed by atoms with Gasteiger partial charge in [-0.05, 0) is 38.1 Å². The zero-order chi connectivity index (χ0) is 15.7. The highest BCUT2D eigenvalue weighted by atomic mass is 16.5. The SMILES string of the molecule is CCOC(=O)C(C)NCC(O)COc1ccc(C#N)cc1. The van der Waals surface area contributed by atoms with Crippen LogP contribution in [0.5, 0.6) is 5.75 Å². The third-order valence-electron chi connectivity index (χ3n) is 2.73. The number of nitriles is 1. The van der Waals surface area contributed by atoms with Crippen molar-refractivity contribution in [2.45, 2.75) is 26.0 Å². The predicted molar refractivity (Wildman–Crippen MR) is 76.8 cm³/mol. The maximum absolute atomic E-state index is 11.4. The molecule has 2 atom stereocenters. The fourth-order valence-electron chi connectivity index (χ4n) is 1.54. The molecule has 0 radical (unpaired) electrons. The first-order valence-electron chi connectivity index (χ1n) is 6.77. The standard InChI is InChI=1S/C15H20N2O4/c1-3-20-15(19)11(2)17-9-13(18)10-21-14-6-4-12(8-16)5-7-14/h4-7,11,13,17-18H,3,9-10H2,1-2H3. The Morgan fingerprint density at radius 2 is 2.10 bits per heavy atom. The van der Waals surface area contributed by atoms with E-state index in [4.69, 9.17) is 14.7 Å². The van der Waals surface area contributed by atoms with Crippen LogP contribution >= 0.6 is 0 Å². The fourth-order valence-corrected chi connectivity index (χ4v) is 1.54. The molecule has 0 aliphatic rings. The molecule has 0 amide bonds. The van der Waals surface area contributed by atoms with Gasteiger partial charge in [-0.3, -0.25) is 4.79 Å². The Morgan fingerprint density at radius 3 is 2.67 bits per heavy atom. The summed E-state index contributed by atoms with van der Waals surface area (Å²) in [6.45, 7) is 4.05. The van der Waals surface area contributed by atoms with E-state index >= 15 is 0 Å². The zero-order valence-electron chi connectivity index (χ0n) is 12.2. The van der Waals surface area contributed by atoms with Crippen molar-refractivity contribution in [2.75, 3.05) is 19.8 Å². The molecule has 0 aliphatic carbocycles. The molecule has 2 unspecified atom stereocenters. The van der Waals surface area contributed by atoms with Gasteiger partial charge in [-0.25, -0.2) is 0 Å². The summed E-state index contributed by atoms with van der Waals surface area (Å²) in [7, 11) is 0. The molecule has 0 saturated carbocycles. The third kappa shape index (κ3) is 6.25. The van der Waals surface area contributed by atoms with Gasteiger partial charge in [0, 0.05) is 6.54 Å². The van der Waals surface area contributed by atoms with Crippen molar-refractivity contribution >= 4 is 5.97 Å². The van der Waals surface area contributed by atoms with Gasteiger partial charge in [0.15, 0.2) is 0 Å². The molecular formula is C15H20N2O4. The van der Waals surface area contributed by atoms with Crippen LogP contribution in [0.1, 0.15) is 19.4 Å². The van der Waals surface area contributed by atoms with E-state index in [9.17, 15) is 9.90 Å². The molecule has 0 spiro atoms. The first-order chi connectivity index (χ1) is 10.1. The molecule has 0 aromatic heterocycles. The second-order valence-corrected chi connectivity index (χ2v) is 4.48. The van der Waals surface area contributed by atoms with Gasteiger partial charge in [-0.2, -0.15) is 5.26 Å².